The van der Waals surface area contributed by atoms with Gasteiger partial charge < -0.3 is 14.2 Å². The molecule has 0 N–H and O–H groups in total. The smallest absolute Gasteiger partial charge is 0.490 e. The Morgan fingerprint density at radius 2 is 1.29 bits per heavy atom. The first-order chi connectivity index (χ1) is 21.5. The molecule has 0 bridgehead atoms. The van der Waals surface area contributed by atoms with Gasteiger partial charge in [-0.2, -0.15) is 13.2 Å². The Hall–Kier alpha value is -3.95. The molecule has 0 saturated carbocycles. The zero-order valence-electron chi connectivity index (χ0n) is 25.6. The van der Waals surface area contributed by atoms with Gasteiger partial charge in [0.25, 0.3) is 0 Å². The maximum atomic E-state index is 15.0. The molecule has 45 heavy (non-hydrogen) atoms. The Labute approximate surface area is 260 Å². The Morgan fingerprint density at radius 3 is 1.91 bits per heavy atom. The van der Waals surface area contributed by atoms with Crippen molar-refractivity contribution in [1.82, 2.24) is 0 Å². The highest BCUT2D eigenvalue weighted by Gasteiger charge is 2.40. The highest BCUT2D eigenvalue weighted by atomic mass is 19.4. The van der Waals surface area contributed by atoms with Crippen LogP contribution in [0.2, 0.25) is 0 Å². The highest BCUT2D eigenvalue weighted by Crippen LogP contribution is 2.30. The molecule has 0 spiro atoms. The summed E-state index contributed by atoms with van der Waals surface area (Å²) in [5.41, 5.74) is 1.80. The summed E-state index contributed by atoms with van der Waals surface area (Å²) < 4.78 is 81.4. The van der Waals surface area contributed by atoms with E-state index < -0.39 is 35.3 Å². The van der Waals surface area contributed by atoms with Crippen molar-refractivity contribution in [3.05, 3.63) is 77.9 Å². The molecule has 10 heteroatoms. The van der Waals surface area contributed by atoms with Gasteiger partial charge in [0.2, 0.25) is 0 Å². The summed E-state index contributed by atoms with van der Waals surface area (Å²) in [5, 5.41) is 0. The fraction of sp³-hybridized carbons (Fsp3) is 0.429. The monoisotopic (exact) mass is 634 g/mol. The molecule has 3 rings (SSSR count). The van der Waals surface area contributed by atoms with E-state index in [1.165, 1.54) is 12.1 Å². The Morgan fingerprint density at radius 1 is 0.711 bits per heavy atom. The number of hydrogen-bond donors (Lipinski definition) is 0. The van der Waals surface area contributed by atoms with Gasteiger partial charge in [-0.1, -0.05) is 68.7 Å². The van der Waals surface area contributed by atoms with Crippen molar-refractivity contribution in [3.8, 4) is 28.0 Å². The molecule has 3 aromatic rings. The molecular formula is C35H39F5O5. The van der Waals surface area contributed by atoms with Crippen molar-refractivity contribution >= 4 is 11.9 Å². The lowest BCUT2D eigenvalue weighted by Gasteiger charge is -2.14. The van der Waals surface area contributed by atoms with Crippen LogP contribution in [0.1, 0.15) is 82.0 Å². The van der Waals surface area contributed by atoms with Crippen LogP contribution >= 0.6 is 0 Å². The van der Waals surface area contributed by atoms with Crippen molar-refractivity contribution in [2.45, 2.75) is 83.9 Å². The molecule has 3 aromatic carbocycles. The number of carbonyl (C=O) groups excluding carboxylic acids is 2. The normalized spacial score (nSPS) is 12.1. The van der Waals surface area contributed by atoms with E-state index in [1.54, 1.807) is 43.3 Å². The number of alkyl halides is 3. The number of benzene rings is 3. The van der Waals surface area contributed by atoms with E-state index in [0.29, 0.717) is 50.0 Å². The summed E-state index contributed by atoms with van der Waals surface area (Å²) >= 11 is 0. The van der Waals surface area contributed by atoms with E-state index in [0.717, 1.165) is 36.8 Å². The minimum absolute atomic E-state index is 0.0364. The van der Waals surface area contributed by atoms with Crippen molar-refractivity contribution in [3.63, 3.8) is 0 Å². The molecule has 0 heterocycles. The molecule has 0 aromatic heterocycles. The molecule has 0 aliphatic rings. The molecular weight excluding hydrogens is 595 g/mol. The quantitative estimate of drug-likeness (QED) is 0.0840. The van der Waals surface area contributed by atoms with Crippen LogP contribution < -0.4 is 4.74 Å². The standard InChI is InChI=1S/C35H39F5O5/c1-3-4-5-8-11-24(2)45-33(41)30-21-20-29(31(36)32(30)37)27-14-12-25(13-15-27)26-16-18-28(19-17-26)43-22-9-6-7-10-23-44-34(42)35(38,39)40/h12-21,24H,3-11,22-23H2,1-2H3/t24-/m0/s1. The summed E-state index contributed by atoms with van der Waals surface area (Å²) in [4.78, 5) is 23.1. The number of carbonyl (C=O) groups is 2. The van der Waals surface area contributed by atoms with Crippen LogP contribution in [0.3, 0.4) is 0 Å². The third kappa shape index (κ3) is 11.2. The van der Waals surface area contributed by atoms with Crippen molar-refractivity contribution in [2.24, 2.45) is 0 Å². The van der Waals surface area contributed by atoms with Crippen molar-refractivity contribution in [2.75, 3.05) is 13.2 Å². The second-order valence-electron chi connectivity index (χ2n) is 10.9. The van der Waals surface area contributed by atoms with E-state index in [1.807, 2.05) is 12.1 Å². The first-order valence-corrected chi connectivity index (χ1v) is 15.3. The SMILES string of the molecule is CCCCCC[C@H](C)OC(=O)c1ccc(-c2ccc(-c3ccc(OCCCCCCOC(=O)C(F)(F)F)cc3)cc2)c(F)c1F. The molecule has 5 nitrogen and oxygen atoms in total. The molecule has 244 valence electrons. The Bertz CT molecular complexity index is 1370. The Kier molecular flexibility index (Phi) is 13.8. The molecule has 0 saturated heterocycles. The predicted molar refractivity (Wildman–Crippen MR) is 162 cm³/mol. The first kappa shape index (κ1) is 35.5. The minimum Gasteiger partial charge on any atom is -0.494 e. The average Bonchev–Trinajstić information content (AvgIpc) is 3.01. The lowest BCUT2D eigenvalue weighted by molar-refractivity contribution is -0.199. The van der Waals surface area contributed by atoms with Gasteiger partial charge >= 0.3 is 18.1 Å². The lowest BCUT2D eigenvalue weighted by atomic mass is 9.98. The second kappa shape index (κ2) is 17.5. The fourth-order valence-corrected chi connectivity index (χ4v) is 4.67. The van der Waals surface area contributed by atoms with Gasteiger partial charge in [0.05, 0.1) is 24.9 Å². The number of unbranched alkanes of at least 4 members (excludes halogenated alkanes) is 6. The van der Waals surface area contributed by atoms with Crippen LogP contribution in [0.4, 0.5) is 22.0 Å². The summed E-state index contributed by atoms with van der Waals surface area (Å²) in [6.07, 6.45) is 1.78. The fourth-order valence-electron chi connectivity index (χ4n) is 4.67. The predicted octanol–water partition coefficient (Wildman–Crippen LogP) is 9.86. The number of halogens is 5. The van der Waals surface area contributed by atoms with Gasteiger partial charge in [-0.3, -0.25) is 0 Å². The van der Waals surface area contributed by atoms with Gasteiger partial charge in [-0.05, 0) is 80.3 Å². The number of rotatable bonds is 17. The van der Waals surface area contributed by atoms with Crippen LogP contribution in [-0.2, 0) is 14.3 Å². The third-order valence-electron chi connectivity index (χ3n) is 7.23. The van der Waals surface area contributed by atoms with Crippen LogP contribution in [-0.4, -0.2) is 37.4 Å². The van der Waals surface area contributed by atoms with E-state index in [9.17, 15) is 27.2 Å². The zero-order valence-corrected chi connectivity index (χ0v) is 25.6. The van der Waals surface area contributed by atoms with E-state index in [-0.39, 0.29) is 18.3 Å². The van der Waals surface area contributed by atoms with Gasteiger partial charge in [0.1, 0.15) is 5.75 Å². The number of esters is 2. The third-order valence-corrected chi connectivity index (χ3v) is 7.23. The molecule has 0 unspecified atom stereocenters. The number of ether oxygens (including phenoxy) is 3. The van der Waals surface area contributed by atoms with E-state index >= 15 is 4.39 Å². The highest BCUT2D eigenvalue weighted by molar-refractivity contribution is 5.90. The second-order valence-corrected chi connectivity index (χ2v) is 10.9. The van der Waals surface area contributed by atoms with Crippen LogP contribution in [0.15, 0.2) is 60.7 Å². The largest absolute Gasteiger partial charge is 0.494 e. The van der Waals surface area contributed by atoms with Gasteiger partial charge in [-0.25, -0.2) is 18.4 Å². The molecule has 0 fully saturated rings. The van der Waals surface area contributed by atoms with Crippen LogP contribution in [0, 0.1) is 11.6 Å². The first-order valence-electron chi connectivity index (χ1n) is 15.3. The molecule has 0 radical (unpaired) electrons. The maximum Gasteiger partial charge on any atom is 0.490 e. The summed E-state index contributed by atoms with van der Waals surface area (Å²) in [5.74, 6) is -4.74. The topological polar surface area (TPSA) is 61.8 Å². The van der Waals surface area contributed by atoms with Crippen molar-refractivity contribution < 1.29 is 45.8 Å². The van der Waals surface area contributed by atoms with Gasteiger partial charge in [-0.15, -0.1) is 0 Å². The van der Waals surface area contributed by atoms with Crippen LogP contribution in [0.25, 0.3) is 22.3 Å². The summed E-state index contributed by atoms with van der Waals surface area (Å²) in [6, 6.07) is 16.9. The Balaban J connectivity index is 1.47. The summed E-state index contributed by atoms with van der Waals surface area (Å²) in [7, 11) is 0. The average molecular weight is 635 g/mol. The van der Waals surface area contributed by atoms with Gasteiger partial charge in [0.15, 0.2) is 11.6 Å². The maximum absolute atomic E-state index is 15.0. The summed E-state index contributed by atoms with van der Waals surface area (Å²) in [6.45, 7) is 4.01. The molecule has 0 aliphatic carbocycles. The molecule has 1 atom stereocenters. The zero-order chi connectivity index (χ0) is 32.8. The van der Waals surface area contributed by atoms with E-state index in [2.05, 4.69) is 11.7 Å². The minimum atomic E-state index is -4.97. The lowest BCUT2D eigenvalue weighted by Crippen LogP contribution is -2.25. The van der Waals surface area contributed by atoms with Gasteiger partial charge in [0, 0.05) is 5.56 Å². The van der Waals surface area contributed by atoms with Crippen LogP contribution in [0.5, 0.6) is 5.75 Å². The van der Waals surface area contributed by atoms with E-state index in [4.69, 9.17) is 9.47 Å². The molecule has 0 aliphatic heterocycles. The number of hydrogen-bond acceptors (Lipinski definition) is 5. The molecule has 0 amide bonds. The van der Waals surface area contributed by atoms with Crippen molar-refractivity contribution in [1.29, 1.82) is 0 Å².